The molecule has 0 radical (unpaired) electrons. The van der Waals surface area contributed by atoms with Gasteiger partial charge >= 0.3 is 0 Å². The van der Waals surface area contributed by atoms with E-state index >= 15 is 0 Å². The van der Waals surface area contributed by atoms with E-state index in [1.54, 1.807) is 0 Å². The fraction of sp³-hybridized carbons (Fsp3) is 0. The van der Waals surface area contributed by atoms with Crippen LogP contribution in [0, 0.1) is 0 Å². The Morgan fingerprint density at radius 2 is 1.12 bits per heavy atom. The molecule has 0 atom stereocenters. The van der Waals surface area contributed by atoms with E-state index in [0.29, 0.717) is 20.4 Å². The molecule has 0 amide bonds. The van der Waals surface area contributed by atoms with Gasteiger partial charge in [-0.2, -0.15) is 0 Å². The molecule has 2 N–H and O–H groups in total. The van der Waals surface area contributed by atoms with E-state index in [2.05, 4.69) is 41.8 Å². The Morgan fingerprint density at radius 3 is 1.54 bits per heavy atom. The summed E-state index contributed by atoms with van der Waals surface area (Å²) in [6, 6.07) is 11.5. The first-order valence-corrected chi connectivity index (χ1v) is 10.8. The third kappa shape index (κ3) is 2.44. The van der Waals surface area contributed by atoms with Crippen LogP contribution in [0.3, 0.4) is 0 Å². The maximum absolute atomic E-state index is 13.1. The van der Waals surface area contributed by atoms with Gasteiger partial charge in [-0.3, -0.25) is 9.59 Å². The lowest BCUT2D eigenvalue weighted by molar-refractivity contribution is 1.46. The molecule has 5 aromatic rings. The lowest BCUT2D eigenvalue weighted by atomic mass is 10.2. The molecule has 26 heavy (non-hydrogen) atoms. The summed E-state index contributed by atoms with van der Waals surface area (Å²) in [5.74, 6) is 0. The Hall–Kier alpha value is -1.74. The molecule has 5 rings (SSSR count). The highest BCUT2D eigenvalue weighted by atomic mass is 79.9. The Kier molecular flexibility index (Phi) is 3.72. The largest absolute Gasteiger partial charge is 0.350 e. The first-order chi connectivity index (χ1) is 12.5. The van der Waals surface area contributed by atoms with Crippen molar-refractivity contribution in [1.82, 2.24) is 9.97 Å². The highest BCUT2D eigenvalue weighted by Crippen LogP contribution is 2.29. The number of halogens is 2. The van der Waals surface area contributed by atoms with E-state index in [-0.39, 0.29) is 10.9 Å². The maximum atomic E-state index is 13.1. The van der Waals surface area contributed by atoms with Crippen molar-refractivity contribution in [3.05, 3.63) is 65.8 Å². The van der Waals surface area contributed by atoms with Crippen LogP contribution in [0.2, 0.25) is 0 Å². The molecular formula is C18H8Br2N2O2S2. The van der Waals surface area contributed by atoms with Crippen LogP contribution < -0.4 is 10.9 Å². The lowest BCUT2D eigenvalue weighted by Gasteiger charge is -2.06. The van der Waals surface area contributed by atoms with E-state index in [0.717, 1.165) is 29.4 Å². The molecule has 128 valence electrons. The molecule has 0 aliphatic rings. The van der Waals surface area contributed by atoms with Crippen molar-refractivity contribution in [3.8, 4) is 0 Å². The molecule has 3 aromatic carbocycles. The zero-order valence-corrected chi connectivity index (χ0v) is 17.7. The van der Waals surface area contributed by atoms with Crippen molar-refractivity contribution in [1.29, 1.82) is 0 Å². The summed E-state index contributed by atoms with van der Waals surface area (Å²) >= 11 is 9.56. The van der Waals surface area contributed by atoms with Gasteiger partial charge in [-0.05, 0) is 36.4 Å². The van der Waals surface area contributed by atoms with Crippen LogP contribution in [0.25, 0.3) is 40.9 Å². The van der Waals surface area contributed by atoms with Crippen molar-refractivity contribution in [3.63, 3.8) is 0 Å². The van der Waals surface area contributed by atoms with Crippen LogP contribution in [0.5, 0.6) is 0 Å². The second-order valence-electron chi connectivity index (χ2n) is 5.80. The molecule has 0 fully saturated rings. The number of H-pyrrole nitrogens is 2. The van der Waals surface area contributed by atoms with Crippen LogP contribution in [0.1, 0.15) is 0 Å². The third-order valence-electron chi connectivity index (χ3n) is 4.15. The topological polar surface area (TPSA) is 65.7 Å². The average Bonchev–Trinajstić information content (AvgIpc) is 2.63. The summed E-state index contributed by atoms with van der Waals surface area (Å²) in [6.45, 7) is 0. The van der Waals surface area contributed by atoms with Crippen LogP contribution >= 0.6 is 54.5 Å². The van der Waals surface area contributed by atoms with Crippen molar-refractivity contribution in [2.75, 3.05) is 0 Å². The fourth-order valence-corrected chi connectivity index (χ4v) is 6.12. The Morgan fingerprint density at radius 1 is 0.692 bits per heavy atom. The predicted molar refractivity (Wildman–Crippen MR) is 118 cm³/mol. The number of aromatic nitrogens is 2. The number of rotatable bonds is 0. The van der Waals surface area contributed by atoms with Gasteiger partial charge in [0.25, 0.3) is 0 Å². The number of hydrogen-bond donors (Lipinski definition) is 2. The summed E-state index contributed by atoms with van der Waals surface area (Å²) in [4.78, 5) is 32.5. The zero-order valence-electron chi connectivity index (χ0n) is 12.9. The zero-order chi connectivity index (χ0) is 18.0. The van der Waals surface area contributed by atoms with E-state index in [4.69, 9.17) is 0 Å². The van der Waals surface area contributed by atoms with Crippen molar-refractivity contribution < 1.29 is 0 Å². The molecule has 0 unspecified atom stereocenters. The molecular weight excluding hydrogens is 500 g/mol. The minimum absolute atomic E-state index is 0.154. The fourth-order valence-electron chi connectivity index (χ4n) is 2.94. The molecule has 0 spiro atoms. The molecule has 0 bridgehead atoms. The van der Waals surface area contributed by atoms with Gasteiger partial charge in [0.05, 0.1) is 20.4 Å². The first kappa shape index (κ1) is 16.4. The third-order valence-corrected chi connectivity index (χ3v) is 7.44. The molecule has 0 aliphatic carbocycles. The van der Waals surface area contributed by atoms with Gasteiger partial charge in [-0.25, -0.2) is 0 Å². The molecule has 8 heteroatoms. The van der Waals surface area contributed by atoms with Crippen LogP contribution in [-0.2, 0) is 0 Å². The van der Waals surface area contributed by atoms with Crippen LogP contribution in [-0.4, -0.2) is 9.97 Å². The van der Waals surface area contributed by atoms with Crippen molar-refractivity contribution in [2.45, 2.75) is 0 Å². The van der Waals surface area contributed by atoms with Gasteiger partial charge in [0.15, 0.2) is 0 Å². The number of aromatic amines is 2. The Balaban J connectivity index is 2.03. The van der Waals surface area contributed by atoms with Crippen LogP contribution in [0.15, 0.2) is 54.9 Å². The SMILES string of the molecule is O=c1c2[nH]c3ccc(Br)cc3sc2c(=O)c2[nH]c3ccc(Br)cc3sc12. The standard InChI is InChI=1S/C18H8Br2N2O2S2/c19-7-1-3-9-11(5-7)25-17-13(21-9)15(23)18-14(16(17)24)22-10-4-2-8(20)6-12(10)26-18/h1-6,21-22H. The molecule has 0 aliphatic heterocycles. The summed E-state index contributed by atoms with van der Waals surface area (Å²) < 4.78 is 4.55. The van der Waals surface area contributed by atoms with Crippen molar-refractivity contribution in [2.24, 2.45) is 0 Å². The minimum atomic E-state index is -0.154. The van der Waals surface area contributed by atoms with Gasteiger partial charge in [0, 0.05) is 8.95 Å². The summed E-state index contributed by atoms with van der Waals surface area (Å²) in [5, 5.41) is 0. The summed E-state index contributed by atoms with van der Waals surface area (Å²) in [6.07, 6.45) is 0. The summed E-state index contributed by atoms with van der Waals surface area (Å²) in [5.41, 5.74) is 2.08. The van der Waals surface area contributed by atoms with Gasteiger partial charge in [0.1, 0.15) is 20.4 Å². The number of hydrogen-bond acceptors (Lipinski definition) is 4. The van der Waals surface area contributed by atoms with E-state index in [1.807, 2.05) is 36.4 Å². The van der Waals surface area contributed by atoms with Gasteiger partial charge < -0.3 is 9.97 Å². The Labute approximate surface area is 170 Å². The smallest absolute Gasteiger partial charge is 0.222 e. The van der Waals surface area contributed by atoms with Gasteiger partial charge in [0.2, 0.25) is 10.9 Å². The normalized spacial score (nSPS) is 11.8. The number of benzene rings is 3. The monoisotopic (exact) mass is 506 g/mol. The van der Waals surface area contributed by atoms with E-state index < -0.39 is 0 Å². The first-order valence-electron chi connectivity index (χ1n) is 7.58. The average molecular weight is 508 g/mol. The predicted octanol–water partition coefficient (Wildman–Crippen LogP) is 5.89. The van der Waals surface area contributed by atoms with Gasteiger partial charge in [-0.15, -0.1) is 22.7 Å². The molecule has 0 saturated heterocycles. The second kappa shape index (κ2) is 5.88. The van der Waals surface area contributed by atoms with Crippen molar-refractivity contribution >= 4 is 95.4 Å². The quantitative estimate of drug-likeness (QED) is 0.257. The molecule has 2 heterocycles. The highest BCUT2D eigenvalue weighted by Gasteiger charge is 2.15. The van der Waals surface area contributed by atoms with E-state index in [1.165, 1.54) is 22.7 Å². The molecule has 2 aromatic heterocycles. The molecule has 0 saturated carbocycles. The molecule has 4 nitrogen and oxygen atoms in total. The second-order valence-corrected chi connectivity index (χ2v) is 9.74. The maximum Gasteiger partial charge on any atom is 0.222 e. The Bertz CT molecular complexity index is 1390. The lowest BCUT2D eigenvalue weighted by Crippen LogP contribution is -2.14. The summed E-state index contributed by atoms with van der Waals surface area (Å²) in [7, 11) is 0. The minimum Gasteiger partial charge on any atom is -0.350 e. The highest BCUT2D eigenvalue weighted by molar-refractivity contribution is 9.10. The van der Waals surface area contributed by atoms with Crippen LogP contribution in [0.4, 0.5) is 0 Å². The number of fused-ring (bicyclic) bond motifs is 4. The van der Waals surface area contributed by atoms with Gasteiger partial charge in [-0.1, -0.05) is 31.9 Å². The van der Waals surface area contributed by atoms with E-state index in [9.17, 15) is 9.59 Å². The number of nitrogens with one attached hydrogen (secondary N) is 2.